The van der Waals surface area contributed by atoms with Crippen molar-refractivity contribution in [2.24, 2.45) is 0 Å². The Hall–Kier alpha value is -2.04. The first kappa shape index (κ1) is 13.4. The molecule has 0 radical (unpaired) electrons. The third-order valence-electron chi connectivity index (χ3n) is 3.35. The van der Waals surface area contributed by atoms with Gasteiger partial charge >= 0.3 is 0 Å². The summed E-state index contributed by atoms with van der Waals surface area (Å²) in [6.45, 7) is 5.92. The van der Waals surface area contributed by atoms with Crippen LogP contribution in [-0.4, -0.2) is 18.6 Å². The second kappa shape index (κ2) is 5.30. The van der Waals surface area contributed by atoms with E-state index in [2.05, 4.69) is 6.58 Å². The van der Waals surface area contributed by atoms with Gasteiger partial charge in [-0.25, -0.2) is 0 Å². The molecule has 102 valence electrons. The van der Waals surface area contributed by atoms with Gasteiger partial charge in [0.1, 0.15) is 0 Å². The van der Waals surface area contributed by atoms with Crippen LogP contribution in [0.5, 0.6) is 11.5 Å². The summed E-state index contributed by atoms with van der Waals surface area (Å²) in [6.07, 6.45) is 2.65. The standard InChI is InChI=1S/C14H17NO4/c1-4-19-13-8-12(9(2)15(16)17)10-6-5-7-11(10)14(13)18-3/h8H,2,4-7H2,1,3H3. The van der Waals surface area contributed by atoms with Gasteiger partial charge in [-0.3, -0.25) is 10.1 Å². The molecule has 0 N–H and O–H groups in total. The minimum Gasteiger partial charge on any atom is -0.493 e. The molecule has 0 atom stereocenters. The maximum Gasteiger partial charge on any atom is 0.269 e. The fourth-order valence-electron chi connectivity index (χ4n) is 2.57. The molecule has 1 aromatic carbocycles. The number of rotatable bonds is 5. The van der Waals surface area contributed by atoms with Crippen molar-refractivity contribution in [3.05, 3.63) is 39.4 Å². The Morgan fingerprint density at radius 3 is 2.74 bits per heavy atom. The third-order valence-corrected chi connectivity index (χ3v) is 3.35. The fraction of sp³-hybridized carbons (Fsp3) is 0.429. The number of benzene rings is 1. The molecule has 0 fully saturated rings. The summed E-state index contributed by atoms with van der Waals surface area (Å²) in [4.78, 5) is 10.5. The molecule has 0 spiro atoms. The van der Waals surface area contributed by atoms with E-state index >= 15 is 0 Å². The summed E-state index contributed by atoms with van der Waals surface area (Å²) >= 11 is 0. The fourth-order valence-corrected chi connectivity index (χ4v) is 2.57. The molecule has 2 rings (SSSR count). The maximum atomic E-state index is 11.0. The van der Waals surface area contributed by atoms with Gasteiger partial charge in [0.25, 0.3) is 5.70 Å². The van der Waals surface area contributed by atoms with Crippen LogP contribution in [0, 0.1) is 10.1 Å². The molecule has 19 heavy (non-hydrogen) atoms. The second-order valence-corrected chi connectivity index (χ2v) is 4.40. The molecule has 0 saturated heterocycles. The van der Waals surface area contributed by atoms with Crippen molar-refractivity contribution in [3.8, 4) is 11.5 Å². The molecule has 1 aliphatic carbocycles. The van der Waals surface area contributed by atoms with Crippen LogP contribution in [0.25, 0.3) is 5.70 Å². The normalized spacial score (nSPS) is 12.9. The molecule has 0 aliphatic heterocycles. The molecule has 0 unspecified atom stereocenters. The summed E-state index contributed by atoms with van der Waals surface area (Å²) in [6, 6.07) is 1.68. The van der Waals surface area contributed by atoms with E-state index in [0.29, 0.717) is 23.7 Å². The van der Waals surface area contributed by atoms with Crippen LogP contribution in [0.15, 0.2) is 12.6 Å². The van der Waals surface area contributed by atoms with Gasteiger partial charge in [0.05, 0.1) is 24.2 Å². The van der Waals surface area contributed by atoms with Crippen LogP contribution in [-0.2, 0) is 12.8 Å². The Balaban J connectivity index is 2.62. The van der Waals surface area contributed by atoms with E-state index in [1.54, 1.807) is 13.2 Å². The van der Waals surface area contributed by atoms with Crippen molar-refractivity contribution in [2.75, 3.05) is 13.7 Å². The van der Waals surface area contributed by atoms with Crippen molar-refractivity contribution < 1.29 is 14.4 Å². The summed E-state index contributed by atoms with van der Waals surface area (Å²) in [5.41, 5.74) is 2.48. The van der Waals surface area contributed by atoms with Gasteiger partial charge in [-0.05, 0) is 44.4 Å². The van der Waals surface area contributed by atoms with Crippen LogP contribution in [0.2, 0.25) is 0 Å². The zero-order chi connectivity index (χ0) is 14.0. The molecule has 1 aromatic rings. The Kier molecular flexibility index (Phi) is 3.74. The van der Waals surface area contributed by atoms with E-state index in [-0.39, 0.29) is 5.70 Å². The largest absolute Gasteiger partial charge is 0.493 e. The molecule has 1 aliphatic rings. The minimum atomic E-state index is -0.448. The van der Waals surface area contributed by atoms with Crippen LogP contribution in [0.4, 0.5) is 0 Å². The second-order valence-electron chi connectivity index (χ2n) is 4.40. The van der Waals surface area contributed by atoms with E-state index in [0.717, 1.165) is 30.4 Å². The first-order valence-corrected chi connectivity index (χ1v) is 6.29. The van der Waals surface area contributed by atoms with E-state index in [4.69, 9.17) is 9.47 Å². The predicted molar refractivity (Wildman–Crippen MR) is 72.2 cm³/mol. The van der Waals surface area contributed by atoms with Crippen LogP contribution < -0.4 is 9.47 Å². The average Bonchev–Trinajstić information content (AvgIpc) is 2.86. The van der Waals surface area contributed by atoms with Gasteiger partial charge in [0.2, 0.25) is 0 Å². The monoisotopic (exact) mass is 263 g/mol. The van der Waals surface area contributed by atoms with Crippen molar-refractivity contribution >= 4 is 5.70 Å². The average molecular weight is 263 g/mol. The molecular formula is C14H17NO4. The number of fused-ring (bicyclic) bond motifs is 1. The number of nitrogens with zero attached hydrogens (tertiary/aromatic N) is 1. The molecule has 5 nitrogen and oxygen atoms in total. The van der Waals surface area contributed by atoms with Crippen LogP contribution >= 0.6 is 0 Å². The van der Waals surface area contributed by atoms with E-state index in [1.807, 2.05) is 6.92 Å². The lowest BCUT2D eigenvalue weighted by atomic mass is 9.99. The Bertz CT molecular complexity index is 537. The van der Waals surface area contributed by atoms with E-state index in [1.165, 1.54) is 0 Å². The summed E-state index contributed by atoms with van der Waals surface area (Å²) in [5, 5.41) is 11.0. The van der Waals surface area contributed by atoms with Gasteiger partial charge < -0.3 is 9.47 Å². The van der Waals surface area contributed by atoms with Crippen molar-refractivity contribution in [1.82, 2.24) is 0 Å². The molecule has 0 saturated carbocycles. The van der Waals surface area contributed by atoms with Gasteiger partial charge in [-0.15, -0.1) is 0 Å². The smallest absolute Gasteiger partial charge is 0.269 e. The van der Waals surface area contributed by atoms with Gasteiger partial charge in [0.15, 0.2) is 11.5 Å². The first-order valence-electron chi connectivity index (χ1n) is 6.29. The van der Waals surface area contributed by atoms with E-state index in [9.17, 15) is 10.1 Å². The lowest BCUT2D eigenvalue weighted by Gasteiger charge is -2.16. The van der Waals surface area contributed by atoms with Crippen LogP contribution in [0.1, 0.15) is 30.0 Å². The highest BCUT2D eigenvalue weighted by Gasteiger charge is 2.27. The van der Waals surface area contributed by atoms with Gasteiger partial charge in [-0.2, -0.15) is 0 Å². The zero-order valence-corrected chi connectivity index (χ0v) is 11.2. The predicted octanol–water partition coefficient (Wildman–Crippen LogP) is 2.83. The Labute approximate surface area is 112 Å². The van der Waals surface area contributed by atoms with Crippen molar-refractivity contribution in [2.45, 2.75) is 26.2 Å². The quantitative estimate of drug-likeness (QED) is 0.605. The van der Waals surface area contributed by atoms with E-state index < -0.39 is 4.92 Å². The molecule has 0 amide bonds. The summed E-state index contributed by atoms with van der Waals surface area (Å²) in [7, 11) is 1.60. The summed E-state index contributed by atoms with van der Waals surface area (Å²) in [5.74, 6) is 1.26. The SMILES string of the molecule is C=C(c1cc(OCC)c(OC)c2c1CCC2)[N+](=O)[O-]. The topological polar surface area (TPSA) is 61.6 Å². The summed E-state index contributed by atoms with van der Waals surface area (Å²) < 4.78 is 10.9. The number of ether oxygens (including phenoxy) is 2. The zero-order valence-electron chi connectivity index (χ0n) is 11.2. The molecule has 0 aromatic heterocycles. The number of methoxy groups -OCH3 is 1. The number of nitro groups is 1. The first-order chi connectivity index (χ1) is 9.10. The minimum absolute atomic E-state index is 0.0817. The number of hydrogen-bond donors (Lipinski definition) is 0. The lowest BCUT2D eigenvalue weighted by molar-refractivity contribution is -0.375. The Morgan fingerprint density at radius 2 is 2.16 bits per heavy atom. The third kappa shape index (κ3) is 2.28. The highest BCUT2D eigenvalue weighted by atomic mass is 16.6. The van der Waals surface area contributed by atoms with Crippen molar-refractivity contribution in [1.29, 1.82) is 0 Å². The molecule has 0 bridgehead atoms. The maximum absolute atomic E-state index is 11.0. The van der Waals surface area contributed by atoms with Crippen LogP contribution in [0.3, 0.4) is 0 Å². The Morgan fingerprint density at radius 1 is 1.47 bits per heavy atom. The van der Waals surface area contributed by atoms with Gasteiger partial charge in [-0.1, -0.05) is 0 Å². The lowest BCUT2D eigenvalue weighted by Crippen LogP contribution is -2.05. The highest BCUT2D eigenvalue weighted by Crippen LogP contribution is 2.42. The molecule has 5 heteroatoms. The molecule has 0 heterocycles. The van der Waals surface area contributed by atoms with Gasteiger partial charge in [0, 0.05) is 5.56 Å². The van der Waals surface area contributed by atoms with Crippen molar-refractivity contribution in [3.63, 3.8) is 0 Å². The molecular weight excluding hydrogens is 246 g/mol. The number of hydrogen-bond acceptors (Lipinski definition) is 4. The highest BCUT2D eigenvalue weighted by molar-refractivity contribution is 5.68.